The summed E-state index contributed by atoms with van der Waals surface area (Å²) in [6.45, 7) is 0.528. The number of rotatable bonds is 5. The second kappa shape index (κ2) is 6.47. The van der Waals surface area contributed by atoms with Gasteiger partial charge in [0.2, 0.25) is 5.91 Å². The first-order chi connectivity index (χ1) is 9.58. The summed E-state index contributed by atoms with van der Waals surface area (Å²) in [5.41, 5.74) is 6.93. The molecule has 2 unspecified atom stereocenters. The minimum atomic E-state index is -0.424. The molecule has 1 saturated carbocycles. The van der Waals surface area contributed by atoms with Gasteiger partial charge in [0.1, 0.15) is 0 Å². The van der Waals surface area contributed by atoms with E-state index in [0.29, 0.717) is 13.0 Å². The van der Waals surface area contributed by atoms with Crippen molar-refractivity contribution in [1.82, 2.24) is 5.32 Å². The molecule has 0 spiro atoms. The molecule has 20 heavy (non-hydrogen) atoms. The monoisotopic (exact) mass is 277 g/mol. The van der Waals surface area contributed by atoms with Crippen molar-refractivity contribution >= 4 is 11.6 Å². The number of nitrogens with two attached hydrogens (primary N) is 1. The third-order valence-electron chi connectivity index (χ3n) is 3.77. The quantitative estimate of drug-likeness (QED) is 0.627. The molecule has 1 aromatic rings. The van der Waals surface area contributed by atoms with Crippen LogP contribution in [-0.2, 0) is 11.2 Å². The van der Waals surface area contributed by atoms with Crippen LogP contribution in [0.5, 0.6) is 0 Å². The van der Waals surface area contributed by atoms with E-state index in [2.05, 4.69) is 5.32 Å². The molecule has 0 aliphatic heterocycles. The van der Waals surface area contributed by atoms with Crippen LogP contribution in [0.3, 0.4) is 0 Å². The first-order valence-corrected chi connectivity index (χ1v) is 6.84. The molecule has 0 radical (unpaired) electrons. The van der Waals surface area contributed by atoms with Gasteiger partial charge in [-0.2, -0.15) is 0 Å². The number of carbonyl (C=O) groups is 1. The Hall–Kier alpha value is -1.95. The Morgan fingerprint density at radius 3 is 2.60 bits per heavy atom. The average Bonchev–Trinajstić information content (AvgIpc) is 2.85. The van der Waals surface area contributed by atoms with Crippen molar-refractivity contribution in [1.29, 1.82) is 0 Å². The molecule has 0 saturated heterocycles. The van der Waals surface area contributed by atoms with Crippen molar-refractivity contribution in [2.45, 2.75) is 31.7 Å². The van der Waals surface area contributed by atoms with Crippen LogP contribution in [0.1, 0.15) is 24.8 Å². The van der Waals surface area contributed by atoms with Crippen LogP contribution in [0.2, 0.25) is 0 Å². The SMILES string of the molecule is NC1CCCC1C(=O)NCCc1ccc([N+](=O)[O-])cc1. The zero-order valence-corrected chi connectivity index (χ0v) is 11.2. The lowest BCUT2D eigenvalue weighted by atomic mass is 10.0. The van der Waals surface area contributed by atoms with Gasteiger partial charge < -0.3 is 11.1 Å². The number of nitrogens with zero attached hydrogens (tertiary/aromatic N) is 1. The van der Waals surface area contributed by atoms with Crippen molar-refractivity contribution < 1.29 is 9.72 Å². The van der Waals surface area contributed by atoms with Crippen LogP contribution in [0, 0.1) is 16.0 Å². The fourth-order valence-electron chi connectivity index (χ4n) is 2.56. The third kappa shape index (κ3) is 3.54. The van der Waals surface area contributed by atoms with Crippen molar-refractivity contribution in [3.63, 3.8) is 0 Å². The number of hydrogen-bond donors (Lipinski definition) is 2. The second-order valence-corrected chi connectivity index (χ2v) is 5.17. The Kier molecular flexibility index (Phi) is 4.68. The summed E-state index contributed by atoms with van der Waals surface area (Å²) in [6, 6.07) is 6.36. The number of nitrogens with one attached hydrogen (secondary N) is 1. The molecule has 108 valence electrons. The van der Waals surface area contributed by atoms with Crippen molar-refractivity contribution in [3.05, 3.63) is 39.9 Å². The zero-order valence-electron chi connectivity index (χ0n) is 11.2. The summed E-state index contributed by atoms with van der Waals surface area (Å²) in [7, 11) is 0. The number of amides is 1. The minimum absolute atomic E-state index is 0.0191. The lowest BCUT2D eigenvalue weighted by molar-refractivity contribution is -0.384. The van der Waals surface area contributed by atoms with Gasteiger partial charge in [-0.15, -0.1) is 0 Å². The van der Waals surface area contributed by atoms with Crippen molar-refractivity contribution in [2.75, 3.05) is 6.54 Å². The van der Waals surface area contributed by atoms with Gasteiger partial charge >= 0.3 is 0 Å². The molecule has 1 aromatic carbocycles. The van der Waals surface area contributed by atoms with E-state index < -0.39 is 4.92 Å². The molecule has 0 heterocycles. The van der Waals surface area contributed by atoms with Gasteiger partial charge in [0, 0.05) is 24.7 Å². The maximum absolute atomic E-state index is 11.9. The highest BCUT2D eigenvalue weighted by molar-refractivity contribution is 5.79. The number of nitro groups is 1. The maximum Gasteiger partial charge on any atom is 0.269 e. The van der Waals surface area contributed by atoms with Gasteiger partial charge in [-0.25, -0.2) is 0 Å². The molecule has 0 aromatic heterocycles. The summed E-state index contributed by atoms with van der Waals surface area (Å²) >= 11 is 0. The van der Waals surface area contributed by atoms with Crippen molar-refractivity contribution in [2.24, 2.45) is 11.7 Å². The maximum atomic E-state index is 11.9. The second-order valence-electron chi connectivity index (χ2n) is 5.17. The molecule has 1 amide bonds. The number of carbonyl (C=O) groups excluding carboxylic acids is 1. The number of non-ortho nitro benzene ring substituents is 1. The smallest absolute Gasteiger partial charge is 0.269 e. The fourth-order valence-corrected chi connectivity index (χ4v) is 2.56. The van der Waals surface area contributed by atoms with Gasteiger partial charge in [-0.05, 0) is 24.8 Å². The van der Waals surface area contributed by atoms with E-state index in [1.54, 1.807) is 12.1 Å². The first-order valence-electron chi connectivity index (χ1n) is 6.84. The molecule has 2 atom stereocenters. The summed E-state index contributed by atoms with van der Waals surface area (Å²) in [5.74, 6) is -0.0382. The van der Waals surface area contributed by atoms with E-state index >= 15 is 0 Å². The lowest BCUT2D eigenvalue weighted by Gasteiger charge is -2.15. The van der Waals surface area contributed by atoms with E-state index in [4.69, 9.17) is 5.73 Å². The fraction of sp³-hybridized carbons (Fsp3) is 0.500. The van der Waals surface area contributed by atoms with Crippen molar-refractivity contribution in [3.8, 4) is 0 Å². The summed E-state index contributed by atoms with van der Waals surface area (Å²) in [6.07, 6.45) is 3.46. The molecule has 1 aliphatic carbocycles. The van der Waals surface area contributed by atoms with Gasteiger partial charge in [0.25, 0.3) is 5.69 Å². The predicted octanol–water partition coefficient (Wildman–Crippen LogP) is 1.38. The number of hydrogen-bond acceptors (Lipinski definition) is 4. The van der Waals surface area contributed by atoms with E-state index in [0.717, 1.165) is 24.8 Å². The van der Waals surface area contributed by atoms with Crippen LogP contribution in [0.25, 0.3) is 0 Å². The molecule has 0 bridgehead atoms. The van der Waals surface area contributed by atoms with Crippen LogP contribution in [-0.4, -0.2) is 23.4 Å². The van der Waals surface area contributed by atoms with Crippen LogP contribution in [0.4, 0.5) is 5.69 Å². The number of benzene rings is 1. The van der Waals surface area contributed by atoms with Gasteiger partial charge in [-0.1, -0.05) is 18.6 Å². The number of nitro benzene ring substituents is 1. The zero-order chi connectivity index (χ0) is 14.5. The van der Waals surface area contributed by atoms with Gasteiger partial charge in [0.15, 0.2) is 0 Å². The normalized spacial score (nSPS) is 21.6. The van der Waals surface area contributed by atoms with Crippen LogP contribution >= 0.6 is 0 Å². The molecule has 3 N–H and O–H groups in total. The standard InChI is InChI=1S/C14H19N3O3/c15-13-3-1-2-12(13)14(18)16-9-8-10-4-6-11(7-5-10)17(19)20/h4-7,12-13H,1-3,8-9,15H2,(H,16,18). The molecule has 1 aliphatic rings. The Morgan fingerprint density at radius 1 is 1.35 bits per heavy atom. The minimum Gasteiger partial charge on any atom is -0.355 e. The molecule has 6 nitrogen and oxygen atoms in total. The molecular formula is C14H19N3O3. The highest BCUT2D eigenvalue weighted by Crippen LogP contribution is 2.23. The Labute approximate surface area is 117 Å². The Balaban J connectivity index is 1.78. The van der Waals surface area contributed by atoms with Crippen LogP contribution in [0.15, 0.2) is 24.3 Å². The topological polar surface area (TPSA) is 98.3 Å². The van der Waals surface area contributed by atoms with E-state index in [1.807, 2.05) is 0 Å². The molecule has 6 heteroatoms. The first kappa shape index (κ1) is 14.5. The average molecular weight is 277 g/mol. The Morgan fingerprint density at radius 2 is 2.05 bits per heavy atom. The van der Waals surface area contributed by atoms with E-state index in [9.17, 15) is 14.9 Å². The Bertz CT molecular complexity index is 487. The predicted molar refractivity (Wildman–Crippen MR) is 75.1 cm³/mol. The highest BCUT2D eigenvalue weighted by Gasteiger charge is 2.29. The summed E-state index contributed by atoms with van der Waals surface area (Å²) in [5, 5.41) is 13.4. The lowest BCUT2D eigenvalue weighted by Crippen LogP contribution is -2.39. The van der Waals surface area contributed by atoms with E-state index in [-0.39, 0.29) is 23.6 Å². The summed E-state index contributed by atoms with van der Waals surface area (Å²) < 4.78 is 0. The highest BCUT2D eigenvalue weighted by atomic mass is 16.6. The third-order valence-corrected chi connectivity index (χ3v) is 3.77. The van der Waals surface area contributed by atoms with Gasteiger partial charge in [-0.3, -0.25) is 14.9 Å². The van der Waals surface area contributed by atoms with Gasteiger partial charge in [0.05, 0.1) is 10.8 Å². The largest absolute Gasteiger partial charge is 0.355 e. The molecular weight excluding hydrogens is 258 g/mol. The summed E-state index contributed by atoms with van der Waals surface area (Å²) in [4.78, 5) is 22.0. The van der Waals surface area contributed by atoms with E-state index in [1.165, 1.54) is 12.1 Å². The van der Waals surface area contributed by atoms with Crippen LogP contribution < -0.4 is 11.1 Å². The molecule has 2 rings (SSSR count). The molecule has 1 fully saturated rings.